The van der Waals surface area contributed by atoms with E-state index in [4.69, 9.17) is 4.74 Å². The molecule has 1 atom stereocenters. The summed E-state index contributed by atoms with van der Waals surface area (Å²) in [6, 6.07) is 7.98. The summed E-state index contributed by atoms with van der Waals surface area (Å²) in [6.45, 7) is 3.16. The van der Waals surface area contributed by atoms with E-state index in [-0.39, 0.29) is 23.5 Å². The maximum absolute atomic E-state index is 12.7. The van der Waals surface area contributed by atoms with Crippen LogP contribution in [0.25, 0.3) is 0 Å². The van der Waals surface area contributed by atoms with E-state index in [1.807, 2.05) is 31.2 Å². The highest BCUT2D eigenvalue weighted by molar-refractivity contribution is 7.91. The average molecular weight is 353 g/mol. The number of rotatable bonds is 8. The number of sulfone groups is 1. The topological polar surface area (TPSA) is 63.7 Å². The number of benzene rings is 1. The zero-order valence-corrected chi connectivity index (χ0v) is 15.3. The molecule has 1 aromatic rings. The standard InChI is InChI=1S/C18H27NO4S/c1-15-4-6-16(7-5-15)8-9-18(20)19(11-3-12-23-2)17-10-13-24(21,22)14-17/h4-7,17H,3,8-14H2,1-2H3. The molecule has 5 nitrogen and oxygen atoms in total. The van der Waals surface area contributed by atoms with Gasteiger partial charge in [-0.3, -0.25) is 4.79 Å². The minimum absolute atomic E-state index is 0.0359. The Morgan fingerprint density at radius 1 is 1.29 bits per heavy atom. The summed E-state index contributed by atoms with van der Waals surface area (Å²) in [7, 11) is -1.37. The summed E-state index contributed by atoms with van der Waals surface area (Å²) < 4.78 is 28.6. The van der Waals surface area contributed by atoms with Crippen LogP contribution in [-0.4, -0.2) is 57.0 Å². The van der Waals surface area contributed by atoms with Gasteiger partial charge in [0.05, 0.1) is 11.5 Å². The molecule has 0 spiro atoms. The largest absolute Gasteiger partial charge is 0.385 e. The first-order valence-corrected chi connectivity index (χ1v) is 10.3. The van der Waals surface area contributed by atoms with Crippen LogP contribution >= 0.6 is 0 Å². The van der Waals surface area contributed by atoms with Crippen molar-refractivity contribution in [2.75, 3.05) is 31.8 Å². The Labute approximate surface area is 144 Å². The second kappa shape index (κ2) is 8.62. The van der Waals surface area contributed by atoms with Crippen molar-refractivity contribution in [1.29, 1.82) is 0 Å². The van der Waals surface area contributed by atoms with Crippen molar-refractivity contribution < 1.29 is 17.9 Å². The van der Waals surface area contributed by atoms with Gasteiger partial charge in [0.25, 0.3) is 0 Å². The molecule has 0 aromatic heterocycles. The lowest BCUT2D eigenvalue weighted by molar-refractivity contribution is -0.133. The number of hydrogen-bond acceptors (Lipinski definition) is 4. The van der Waals surface area contributed by atoms with Gasteiger partial charge in [0, 0.05) is 32.7 Å². The van der Waals surface area contributed by atoms with Crippen LogP contribution in [0.1, 0.15) is 30.4 Å². The summed E-state index contributed by atoms with van der Waals surface area (Å²) in [4.78, 5) is 14.4. The second-order valence-electron chi connectivity index (χ2n) is 6.48. The highest BCUT2D eigenvalue weighted by Gasteiger charge is 2.34. The van der Waals surface area contributed by atoms with E-state index >= 15 is 0 Å². The molecule has 0 aliphatic carbocycles. The van der Waals surface area contributed by atoms with Gasteiger partial charge in [0.1, 0.15) is 0 Å². The number of nitrogens with zero attached hydrogens (tertiary/aromatic N) is 1. The molecule has 24 heavy (non-hydrogen) atoms. The Hall–Kier alpha value is -1.40. The molecular formula is C18H27NO4S. The third-order valence-electron chi connectivity index (χ3n) is 4.47. The molecule has 0 saturated carbocycles. The number of methoxy groups -OCH3 is 1. The Bertz CT molecular complexity index is 639. The Morgan fingerprint density at radius 3 is 2.58 bits per heavy atom. The normalized spacial score (nSPS) is 19.3. The number of aryl methyl sites for hydroxylation is 2. The summed E-state index contributed by atoms with van der Waals surface area (Å²) >= 11 is 0. The van der Waals surface area contributed by atoms with Gasteiger partial charge in [-0.2, -0.15) is 0 Å². The Morgan fingerprint density at radius 2 is 2.00 bits per heavy atom. The quantitative estimate of drug-likeness (QED) is 0.671. The molecule has 1 aliphatic heterocycles. The van der Waals surface area contributed by atoms with Crippen molar-refractivity contribution in [2.24, 2.45) is 0 Å². The van der Waals surface area contributed by atoms with Crippen LogP contribution in [0.2, 0.25) is 0 Å². The Balaban J connectivity index is 1.96. The fourth-order valence-corrected chi connectivity index (χ4v) is 4.79. The van der Waals surface area contributed by atoms with Crippen LogP contribution in [0.4, 0.5) is 0 Å². The molecule has 1 saturated heterocycles. The van der Waals surface area contributed by atoms with E-state index in [9.17, 15) is 13.2 Å². The van der Waals surface area contributed by atoms with Crippen molar-refractivity contribution in [3.8, 4) is 0 Å². The lowest BCUT2D eigenvalue weighted by Gasteiger charge is -2.28. The molecule has 2 rings (SSSR count). The molecule has 1 fully saturated rings. The smallest absolute Gasteiger partial charge is 0.223 e. The zero-order valence-electron chi connectivity index (χ0n) is 14.5. The summed E-state index contributed by atoms with van der Waals surface area (Å²) in [5.41, 5.74) is 2.33. The van der Waals surface area contributed by atoms with Crippen LogP contribution in [0, 0.1) is 6.92 Å². The van der Waals surface area contributed by atoms with Crippen LogP contribution in [-0.2, 0) is 25.8 Å². The van der Waals surface area contributed by atoms with Crippen LogP contribution < -0.4 is 0 Å². The fourth-order valence-electron chi connectivity index (χ4n) is 3.06. The average Bonchev–Trinajstić information content (AvgIpc) is 2.90. The first-order valence-electron chi connectivity index (χ1n) is 8.45. The van der Waals surface area contributed by atoms with Gasteiger partial charge in [0.2, 0.25) is 5.91 Å². The van der Waals surface area contributed by atoms with Gasteiger partial charge in [-0.15, -0.1) is 0 Å². The van der Waals surface area contributed by atoms with Gasteiger partial charge >= 0.3 is 0 Å². The van der Waals surface area contributed by atoms with Crippen molar-refractivity contribution in [3.63, 3.8) is 0 Å². The molecule has 1 aromatic carbocycles. The third-order valence-corrected chi connectivity index (χ3v) is 6.22. The SMILES string of the molecule is COCCCN(C(=O)CCc1ccc(C)cc1)C1CCS(=O)(=O)C1. The highest BCUT2D eigenvalue weighted by atomic mass is 32.2. The van der Waals surface area contributed by atoms with Crippen molar-refractivity contribution in [3.05, 3.63) is 35.4 Å². The van der Waals surface area contributed by atoms with E-state index in [1.165, 1.54) is 5.56 Å². The van der Waals surface area contributed by atoms with Crippen molar-refractivity contribution >= 4 is 15.7 Å². The van der Waals surface area contributed by atoms with Crippen molar-refractivity contribution in [2.45, 2.75) is 38.6 Å². The fraction of sp³-hybridized carbons (Fsp3) is 0.611. The van der Waals surface area contributed by atoms with Crippen LogP contribution in [0.15, 0.2) is 24.3 Å². The molecule has 0 radical (unpaired) electrons. The molecule has 0 bridgehead atoms. The Kier molecular flexibility index (Phi) is 6.80. The molecule has 1 amide bonds. The predicted octanol–water partition coefficient (Wildman–Crippen LogP) is 1.98. The first-order chi connectivity index (χ1) is 11.4. The molecule has 1 unspecified atom stereocenters. The number of ether oxygens (including phenoxy) is 1. The van der Waals surface area contributed by atoms with Gasteiger partial charge in [-0.1, -0.05) is 29.8 Å². The number of hydrogen-bond donors (Lipinski definition) is 0. The minimum atomic E-state index is -3.00. The van der Waals surface area contributed by atoms with E-state index in [0.29, 0.717) is 32.4 Å². The zero-order chi connectivity index (χ0) is 17.6. The molecule has 134 valence electrons. The lowest BCUT2D eigenvalue weighted by Crippen LogP contribution is -2.42. The summed E-state index contributed by atoms with van der Waals surface area (Å²) in [5.74, 6) is 0.314. The first kappa shape index (κ1) is 18.9. The van der Waals surface area contributed by atoms with Crippen molar-refractivity contribution in [1.82, 2.24) is 4.90 Å². The van der Waals surface area contributed by atoms with Crippen LogP contribution in [0.3, 0.4) is 0 Å². The highest BCUT2D eigenvalue weighted by Crippen LogP contribution is 2.19. The van der Waals surface area contributed by atoms with E-state index < -0.39 is 9.84 Å². The van der Waals surface area contributed by atoms with E-state index in [0.717, 1.165) is 12.0 Å². The third kappa shape index (κ3) is 5.60. The summed E-state index contributed by atoms with van der Waals surface area (Å²) in [6.07, 6.45) is 2.36. The predicted molar refractivity (Wildman–Crippen MR) is 94.8 cm³/mol. The second-order valence-corrected chi connectivity index (χ2v) is 8.70. The molecular weight excluding hydrogens is 326 g/mol. The molecule has 1 aliphatic rings. The maximum Gasteiger partial charge on any atom is 0.223 e. The number of amides is 1. The van der Waals surface area contributed by atoms with Gasteiger partial charge in [-0.05, 0) is 31.7 Å². The monoisotopic (exact) mass is 353 g/mol. The molecule has 0 N–H and O–H groups in total. The van der Waals surface area contributed by atoms with Crippen LogP contribution in [0.5, 0.6) is 0 Å². The van der Waals surface area contributed by atoms with Gasteiger partial charge in [0.15, 0.2) is 9.84 Å². The summed E-state index contributed by atoms with van der Waals surface area (Å²) in [5, 5.41) is 0. The lowest BCUT2D eigenvalue weighted by atomic mass is 10.1. The minimum Gasteiger partial charge on any atom is -0.385 e. The molecule has 1 heterocycles. The number of carbonyl (C=O) groups excluding carboxylic acids is 1. The maximum atomic E-state index is 12.7. The van der Waals surface area contributed by atoms with Gasteiger partial charge < -0.3 is 9.64 Å². The molecule has 6 heteroatoms. The van der Waals surface area contributed by atoms with E-state index in [1.54, 1.807) is 12.0 Å². The van der Waals surface area contributed by atoms with Gasteiger partial charge in [-0.25, -0.2) is 8.42 Å². The van der Waals surface area contributed by atoms with E-state index in [2.05, 4.69) is 0 Å². The number of carbonyl (C=O) groups is 1.